The molecule has 9 heteroatoms. The number of nitro groups is 1. The van der Waals surface area contributed by atoms with Gasteiger partial charge in [0.1, 0.15) is 4.90 Å². The van der Waals surface area contributed by atoms with E-state index in [0.717, 1.165) is 25.0 Å². The van der Waals surface area contributed by atoms with Gasteiger partial charge in [-0.2, -0.15) is 0 Å². The summed E-state index contributed by atoms with van der Waals surface area (Å²) >= 11 is 0. The van der Waals surface area contributed by atoms with Crippen LogP contribution in [0.2, 0.25) is 0 Å². The molecule has 1 aromatic rings. The Morgan fingerprint density at radius 2 is 2.05 bits per heavy atom. The molecule has 1 aliphatic rings. The van der Waals surface area contributed by atoms with Gasteiger partial charge in [0.2, 0.25) is 10.0 Å². The number of benzene rings is 1. The smallest absolute Gasteiger partial charge is 0.271 e. The van der Waals surface area contributed by atoms with Crippen molar-refractivity contribution in [2.45, 2.75) is 30.2 Å². The number of hydrogen-bond acceptors (Lipinski definition) is 6. The lowest BCUT2D eigenvalue weighted by molar-refractivity contribution is -0.384. The molecule has 0 aromatic heterocycles. The lowest BCUT2D eigenvalue weighted by Gasteiger charge is -2.14. The van der Waals surface area contributed by atoms with Crippen LogP contribution in [0.25, 0.3) is 0 Å². The van der Waals surface area contributed by atoms with E-state index >= 15 is 0 Å². The van der Waals surface area contributed by atoms with E-state index in [0.29, 0.717) is 0 Å². The van der Waals surface area contributed by atoms with Crippen molar-refractivity contribution in [3.05, 3.63) is 28.3 Å². The highest BCUT2D eigenvalue weighted by Gasteiger charge is 2.41. The fourth-order valence-electron chi connectivity index (χ4n) is 1.65. The van der Waals surface area contributed by atoms with Crippen molar-refractivity contribution in [2.24, 2.45) is 5.84 Å². The number of hydrogen-bond donors (Lipinski definition) is 3. The second-order valence-corrected chi connectivity index (χ2v) is 6.40. The maximum Gasteiger partial charge on any atom is 0.271 e. The number of nitrogen functional groups attached to an aromatic ring is 1. The maximum atomic E-state index is 12.2. The number of non-ortho nitro benzene ring substituents is 1. The number of anilines is 1. The fraction of sp³-hybridized carbons (Fsp3) is 0.400. The quantitative estimate of drug-likeness (QED) is 0.415. The van der Waals surface area contributed by atoms with Crippen molar-refractivity contribution >= 4 is 21.4 Å². The highest BCUT2D eigenvalue weighted by Crippen LogP contribution is 2.37. The van der Waals surface area contributed by atoms with Crippen LogP contribution < -0.4 is 16.0 Å². The predicted molar refractivity (Wildman–Crippen MR) is 68.9 cm³/mol. The van der Waals surface area contributed by atoms with Gasteiger partial charge < -0.3 is 5.43 Å². The lowest BCUT2D eigenvalue weighted by Crippen LogP contribution is -2.34. The molecule has 0 spiro atoms. The van der Waals surface area contributed by atoms with E-state index in [4.69, 9.17) is 5.84 Å². The highest BCUT2D eigenvalue weighted by atomic mass is 32.2. The first-order chi connectivity index (χ1) is 8.77. The van der Waals surface area contributed by atoms with Gasteiger partial charge in [0.25, 0.3) is 5.69 Å². The third kappa shape index (κ3) is 2.83. The van der Waals surface area contributed by atoms with Crippen molar-refractivity contribution in [1.82, 2.24) is 4.72 Å². The van der Waals surface area contributed by atoms with E-state index in [1.165, 1.54) is 6.07 Å². The molecular weight excluding hydrogens is 272 g/mol. The molecule has 1 saturated carbocycles. The molecule has 4 N–H and O–H groups in total. The predicted octanol–water partition coefficient (Wildman–Crippen LogP) is 0.711. The zero-order valence-electron chi connectivity index (χ0n) is 10.2. The normalized spacial score (nSPS) is 16.9. The third-order valence-electron chi connectivity index (χ3n) is 3.00. The fourth-order valence-corrected chi connectivity index (χ4v) is 3.26. The van der Waals surface area contributed by atoms with Crippen LogP contribution in [-0.2, 0) is 10.0 Å². The van der Waals surface area contributed by atoms with Gasteiger partial charge in [-0.1, -0.05) is 0 Å². The summed E-state index contributed by atoms with van der Waals surface area (Å²) in [6.07, 6.45) is 1.54. The van der Waals surface area contributed by atoms with E-state index in [1.807, 2.05) is 0 Å². The number of nitro benzene ring substituents is 1. The summed E-state index contributed by atoms with van der Waals surface area (Å²) in [4.78, 5) is 9.92. The Hall–Kier alpha value is -1.71. The summed E-state index contributed by atoms with van der Waals surface area (Å²) < 4.78 is 26.9. The molecule has 0 bridgehead atoms. The summed E-state index contributed by atoms with van der Waals surface area (Å²) in [7, 11) is -3.76. The Labute approximate surface area is 110 Å². The second kappa shape index (κ2) is 4.44. The Morgan fingerprint density at radius 3 is 2.53 bits per heavy atom. The molecule has 19 heavy (non-hydrogen) atoms. The first kappa shape index (κ1) is 13.7. The molecule has 104 valence electrons. The Bertz CT molecular complexity index is 624. The average Bonchev–Trinajstić information content (AvgIpc) is 3.04. The van der Waals surface area contributed by atoms with Crippen LogP contribution in [0, 0.1) is 10.1 Å². The molecule has 8 nitrogen and oxygen atoms in total. The van der Waals surface area contributed by atoms with Crippen LogP contribution in [-0.4, -0.2) is 18.9 Å². The minimum absolute atomic E-state index is 0.00838. The summed E-state index contributed by atoms with van der Waals surface area (Å²) in [6.45, 7) is 1.80. The largest absolute Gasteiger partial charge is 0.323 e. The second-order valence-electron chi connectivity index (χ2n) is 4.75. The summed E-state index contributed by atoms with van der Waals surface area (Å²) in [5.41, 5.74) is 1.52. The number of hydrazine groups is 1. The molecule has 0 amide bonds. The summed E-state index contributed by atoms with van der Waals surface area (Å²) in [6, 6.07) is 3.38. The van der Waals surface area contributed by atoms with Gasteiger partial charge in [0, 0.05) is 17.7 Å². The zero-order chi connectivity index (χ0) is 14.3. The SMILES string of the molecule is CC1(NS(=O)(=O)c2ccc([N+](=O)[O-])cc2NN)CC1. The van der Waals surface area contributed by atoms with E-state index in [9.17, 15) is 18.5 Å². The molecule has 0 heterocycles. The van der Waals surface area contributed by atoms with Crippen LogP contribution in [0.1, 0.15) is 19.8 Å². The van der Waals surface area contributed by atoms with Gasteiger partial charge >= 0.3 is 0 Å². The maximum absolute atomic E-state index is 12.2. The first-order valence-corrected chi connectivity index (χ1v) is 7.05. The average molecular weight is 286 g/mol. The molecule has 0 aliphatic heterocycles. The van der Waals surface area contributed by atoms with Gasteiger partial charge in [0.15, 0.2) is 0 Å². The third-order valence-corrected chi connectivity index (χ3v) is 4.70. The number of rotatable bonds is 5. The molecule has 1 fully saturated rings. The standard InChI is InChI=1S/C10H14N4O4S/c1-10(4-5-10)13-19(17,18)9-3-2-7(14(15)16)6-8(9)12-11/h2-3,6,12-13H,4-5,11H2,1H3. The van der Waals surface area contributed by atoms with Gasteiger partial charge in [-0.3, -0.25) is 16.0 Å². The molecule has 0 unspecified atom stereocenters. The van der Waals surface area contributed by atoms with Crippen molar-refractivity contribution in [2.75, 3.05) is 5.43 Å². The Morgan fingerprint density at radius 1 is 1.42 bits per heavy atom. The summed E-state index contributed by atoms with van der Waals surface area (Å²) in [5.74, 6) is 5.23. The lowest BCUT2D eigenvalue weighted by atomic mass is 10.3. The van der Waals surface area contributed by atoms with Crippen LogP contribution >= 0.6 is 0 Å². The van der Waals surface area contributed by atoms with Gasteiger partial charge in [-0.05, 0) is 25.8 Å². The van der Waals surface area contributed by atoms with Gasteiger partial charge in [-0.15, -0.1) is 0 Å². The number of nitrogens with zero attached hydrogens (tertiary/aromatic N) is 1. The molecule has 1 aliphatic carbocycles. The van der Waals surface area contributed by atoms with E-state index < -0.39 is 20.5 Å². The highest BCUT2D eigenvalue weighted by molar-refractivity contribution is 7.89. The molecular formula is C10H14N4O4S. The van der Waals surface area contributed by atoms with Crippen LogP contribution in [0.15, 0.2) is 23.1 Å². The minimum atomic E-state index is -3.76. The Kier molecular flexibility index (Phi) is 3.20. The first-order valence-electron chi connectivity index (χ1n) is 5.56. The molecule has 0 saturated heterocycles. The number of nitrogens with one attached hydrogen (secondary N) is 2. The zero-order valence-corrected chi connectivity index (χ0v) is 11.0. The molecule has 0 atom stereocenters. The summed E-state index contributed by atoms with van der Waals surface area (Å²) in [5, 5.41) is 10.6. The van der Waals surface area contributed by atoms with Crippen LogP contribution in [0.3, 0.4) is 0 Å². The molecule has 2 rings (SSSR count). The van der Waals surface area contributed by atoms with Crippen molar-refractivity contribution in [3.8, 4) is 0 Å². The van der Waals surface area contributed by atoms with E-state index in [2.05, 4.69) is 10.1 Å². The van der Waals surface area contributed by atoms with Crippen molar-refractivity contribution in [3.63, 3.8) is 0 Å². The van der Waals surface area contributed by atoms with E-state index in [-0.39, 0.29) is 16.3 Å². The minimum Gasteiger partial charge on any atom is -0.323 e. The number of nitrogens with two attached hydrogens (primary N) is 1. The van der Waals surface area contributed by atoms with Gasteiger partial charge in [-0.25, -0.2) is 13.1 Å². The van der Waals surface area contributed by atoms with Crippen LogP contribution in [0.4, 0.5) is 11.4 Å². The number of sulfonamides is 1. The monoisotopic (exact) mass is 286 g/mol. The van der Waals surface area contributed by atoms with Crippen molar-refractivity contribution in [1.29, 1.82) is 0 Å². The van der Waals surface area contributed by atoms with E-state index in [1.54, 1.807) is 6.92 Å². The molecule has 0 radical (unpaired) electrons. The van der Waals surface area contributed by atoms with Crippen LogP contribution in [0.5, 0.6) is 0 Å². The topological polar surface area (TPSA) is 127 Å². The van der Waals surface area contributed by atoms with Crippen molar-refractivity contribution < 1.29 is 13.3 Å². The Balaban J connectivity index is 2.41. The molecule has 1 aromatic carbocycles. The van der Waals surface area contributed by atoms with Gasteiger partial charge in [0.05, 0.1) is 10.6 Å².